The molecule has 2 N–H and O–H groups in total. The van der Waals surface area contributed by atoms with Crippen molar-refractivity contribution >= 4 is 11.6 Å². The molecule has 0 bridgehead atoms. The maximum Gasteiger partial charge on any atom is 0.0675 e. The molecule has 4 unspecified atom stereocenters. The van der Waals surface area contributed by atoms with E-state index in [9.17, 15) is 0 Å². The van der Waals surface area contributed by atoms with E-state index in [0.717, 1.165) is 24.6 Å². The van der Waals surface area contributed by atoms with Gasteiger partial charge >= 0.3 is 0 Å². The molecule has 0 spiro atoms. The number of halogens is 1. The van der Waals surface area contributed by atoms with Crippen LogP contribution in [0, 0.1) is 0 Å². The van der Waals surface area contributed by atoms with Crippen LogP contribution < -0.4 is 5.73 Å². The van der Waals surface area contributed by atoms with Gasteiger partial charge in [0, 0.05) is 23.7 Å². The minimum Gasteiger partial charge on any atom is -0.376 e. The molecule has 1 saturated heterocycles. The fourth-order valence-corrected chi connectivity index (χ4v) is 3.15. The molecule has 0 radical (unpaired) electrons. The first-order valence-electron chi connectivity index (χ1n) is 7.41. The van der Waals surface area contributed by atoms with Crippen LogP contribution in [0.15, 0.2) is 24.3 Å². The highest BCUT2D eigenvalue weighted by Gasteiger charge is 2.33. The summed E-state index contributed by atoms with van der Waals surface area (Å²) in [6.07, 6.45) is 1.33. The molecule has 4 atom stereocenters. The lowest BCUT2D eigenvalue weighted by Gasteiger charge is -2.44. The van der Waals surface area contributed by atoms with Gasteiger partial charge < -0.3 is 10.5 Å². The third-order valence-electron chi connectivity index (χ3n) is 4.05. The van der Waals surface area contributed by atoms with Crippen LogP contribution in [0.4, 0.5) is 0 Å². The Morgan fingerprint density at radius 1 is 1.40 bits per heavy atom. The molecule has 3 nitrogen and oxygen atoms in total. The predicted molar refractivity (Wildman–Crippen MR) is 84.0 cm³/mol. The van der Waals surface area contributed by atoms with Crippen molar-refractivity contribution in [1.82, 2.24) is 4.90 Å². The monoisotopic (exact) mass is 296 g/mol. The molecule has 0 saturated carbocycles. The molecule has 1 aliphatic heterocycles. The number of nitrogens with two attached hydrogens (primary N) is 1. The SMILES string of the molecule is CCC1COC(C)CN1C(c1ccc(Cl)cc1)C(C)N. The molecule has 0 aromatic heterocycles. The Morgan fingerprint density at radius 3 is 2.60 bits per heavy atom. The van der Waals surface area contributed by atoms with Crippen molar-refractivity contribution in [3.05, 3.63) is 34.9 Å². The number of morpholine rings is 1. The van der Waals surface area contributed by atoms with Gasteiger partial charge in [0.25, 0.3) is 0 Å². The molecule has 1 fully saturated rings. The van der Waals surface area contributed by atoms with Crippen LogP contribution in [-0.4, -0.2) is 36.2 Å². The maximum absolute atomic E-state index is 6.28. The van der Waals surface area contributed by atoms with Crippen LogP contribution in [-0.2, 0) is 4.74 Å². The van der Waals surface area contributed by atoms with E-state index >= 15 is 0 Å². The Balaban J connectivity index is 2.28. The average Bonchev–Trinajstić information content (AvgIpc) is 2.41. The van der Waals surface area contributed by atoms with Gasteiger partial charge in [0.15, 0.2) is 0 Å². The summed E-state index contributed by atoms with van der Waals surface area (Å²) in [5.74, 6) is 0. The fourth-order valence-electron chi connectivity index (χ4n) is 3.02. The van der Waals surface area contributed by atoms with Crippen LogP contribution in [0.5, 0.6) is 0 Å². The Kier molecular flexibility index (Phi) is 5.44. The molecule has 1 heterocycles. The van der Waals surface area contributed by atoms with E-state index in [1.807, 2.05) is 12.1 Å². The topological polar surface area (TPSA) is 38.5 Å². The van der Waals surface area contributed by atoms with Gasteiger partial charge in [-0.1, -0.05) is 30.7 Å². The number of ether oxygens (including phenoxy) is 1. The summed E-state index contributed by atoms with van der Waals surface area (Å²) in [7, 11) is 0. The second-order valence-electron chi connectivity index (χ2n) is 5.76. The molecule has 4 heteroatoms. The van der Waals surface area contributed by atoms with Gasteiger partial charge in [-0.15, -0.1) is 0 Å². The number of hydrogen-bond donors (Lipinski definition) is 1. The van der Waals surface area contributed by atoms with Gasteiger partial charge in [0.1, 0.15) is 0 Å². The molecule has 0 aliphatic carbocycles. The third kappa shape index (κ3) is 3.53. The van der Waals surface area contributed by atoms with Crippen molar-refractivity contribution in [3.8, 4) is 0 Å². The summed E-state index contributed by atoms with van der Waals surface area (Å²) in [5.41, 5.74) is 7.52. The van der Waals surface area contributed by atoms with Gasteiger partial charge in [0.2, 0.25) is 0 Å². The number of hydrogen-bond acceptors (Lipinski definition) is 3. The molecule has 1 aliphatic rings. The van der Waals surface area contributed by atoms with Crippen molar-refractivity contribution in [1.29, 1.82) is 0 Å². The van der Waals surface area contributed by atoms with Crippen molar-refractivity contribution in [2.24, 2.45) is 5.73 Å². The Morgan fingerprint density at radius 2 is 2.05 bits per heavy atom. The van der Waals surface area contributed by atoms with E-state index < -0.39 is 0 Å². The van der Waals surface area contributed by atoms with Gasteiger partial charge in [0.05, 0.1) is 18.8 Å². The van der Waals surface area contributed by atoms with E-state index in [0.29, 0.717) is 6.04 Å². The molecule has 2 rings (SSSR count). The summed E-state index contributed by atoms with van der Waals surface area (Å²) in [4.78, 5) is 2.50. The van der Waals surface area contributed by atoms with Crippen LogP contribution in [0.3, 0.4) is 0 Å². The van der Waals surface area contributed by atoms with Crippen molar-refractivity contribution in [2.45, 2.75) is 51.4 Å². The first kappa shape index (κ1) is 15.8. The zero-order chi connectivity index (χ0) is 14.7. The zero-order valence-corrected chi connectivity index (χ0v) is 13.3. The van der Waals surface area contributed by atoms with E-state index in [-0.39, 0.29) is 18.2 Å². The van der Waals surface area contributed by atoms with E-state index in [1.165, 1.54) is 5.56 Å². The number of nitrogens with zero attached hydrogens (tertiary/aromatic N) is 1. The molecule has 112 valence electrons. The minimum absolute atomic E-state index is 0.0653. The maximum atomic E-state index is 6.28. The summed E-state index contributed by atoms with van der Waals surface area (Å²) in [6.45, 7) is 8.12. The molecule has 20 heavy (non-hydrogen) atoms. The lowest BCUT2D eigenvalue weighted by Crippen LogP contribution is -2.53. The zero-order valence-electron chi connectivity index (χ0n) is 12.6. The average molecular weight is 297 g/mol. The van der Waals surface area contributed by atoms with Gasteiger partial charge in [-0.2, -0.15) is 0 Å². The number of benzene rings is 1. The standard InChI is InChI=1S/C16H25ClN2O/c1-4-15-10-20-11(2)9-19(15)16(12(3)18)13-5-7-14(17)8-6-13/h5-8,11-12,15-16H,4,9-10,18H2,1-3H3. The summed E-state index contributed by atoms with van der Waals surface area (Å²) in [6, 6.07) is 8.76. The number of rotatable bonds is 4. The lowest BCUT2D eigenvalue weighted by molar-refractivity contribution is -0.0762. The molecule has 1 aromatic rings. The Labute approximate surface area is 127 Å². The molecular formula is C16H25ClN2O. The van der Waals surface area contributed by atoms with Gasteiger partial charge in [-0.3, -0.25) is 4.90 Å². The van der Waals surface area contributed by atoms with Crippen LogP contribution in [0.1, 0.15) is 38.8 Å². The van der Waals surface area contributed by atoms with E-state index in [1.54, 1.807) is 0 Å². The highest BCUT2D eigenvalue weighted by molar-refractivity contribution is 6.30. The minimum atomic E-state index is 0.0653. The highest BCUT2D eigenvalue weighted by Crippen LogP contribution is 2.30. The largest absolute Gasteiger partial charge is 0.376 e. The summed E-state index contributed by atoms with van der Waals surface area (Å²) >= 11 is 6.00. The Hall–Kier alpha value is -0.610. The normalized spacial score (nSPS) is 27.2. The second kappa shape index (κ2) is 6.90. The lowest BCUT2D eigenvalue weighted by atomic mass is 9.95. The van der Waals surface area contributed by atoms with Crippen molar-refractivity contribution < 1.29 is 4.74 Å². The van der Waals surface area contributed by atoms with E-state index in [4.69, 9.17) is 22.1 Å². The van der Waals surface area contributed by atoms with Gasteiger partial charge in [-0.25, -0.2) is 0 Å². The summed E-state index contributed by atoms with van der Waals surface area (Å²) in [5, 5.41) is 0.763. The second-order valence-corrected chi connectivity index (χ2v) is 6.19. The molecular weight excluding hydrogens is 272 g/mol. The van der Waals surface area contributed by atoms with Crippen molar-refractivity contribution in [2.75, 3.05) is 13.2 Å². The van der Waals surface area contributed by atoms with Crippen molar-refractivity contribution in [3.63, 3.8) is 0 Å². The fraction of sp³-hybridized carbons (Fsp3) is 0.625. The third-order valence-corrected chi connectivity index (χ3v) is 4.30. The predicted octanol–water partition coefficient (Wildman–Crippen LogP) is 3.23. The smallest absolute Gasteiger partial charge is 0.0675 e. The van der Waals surface area contributed by atoms with Crippen LogP contribution in [0.25, 0.3) is 0 Å². The van der Waals surface area contributed by atoms with Crippen LogP contribution >= 0.6 is 11.6 Å². The van der Waals surface area contributed by atoms with Gasteiger partial charge in [-0.05, 0) is 38.0 Å². The quantitative estimate of drug-likeness (QED) is 0.927. The first-order valence-corrected chi connectivity index (χ1v) is 7.79. The first-order chi connectivity index (χ1) is 9.52. The molecule has 1 aromatic carbocycles. The Bertz CT molecular complexity index is 421. The molecule has 0 amide bonds. The van der Waals surface area contributed by atoms with Crippen LogP contribution in [0.2, 0.25) is 5.02 Å². The highest BCUT2D eigenvalue weighted by atomic mass is 35.5. The summed E-state index contributed by atoms with van der Waals surface area (Å²) < 4.78 is 5.79. The van der Waals surface area contributed by atoms with E-state index in [2.05, 4.69) is 37.8 Å².